The van der Waals surface area contributed by atoms with Gasteiger partial charge in [-0.1, -0.05) is 6.07 Å². The number of hydrogen-bond donors (Lipinski definition) is 1. The quantitative estimate of drug-likeness (QED) is 0.533. The lowest BCUT2D eigenvalue weighted by molar-refractivity contribution is -0.154. The molecule has 4 aromatic rings. The van der Waals surface area contributed by atoms with Crippen LogP contribution in [-0.4, -0.2) is 60.6 Å². The first-order chi connectivity index (χ1) is 15.6. The fourth-order valence-corrected chi connectivity index (χ4v) is 5.16. The van der Waals surface area contributed by atoms with Gasteiger partial charge in [0.2, 0.25) is 17.7 Å². The van der Waals surface area contributed by atoms with E-state index in [0.29, 0.717) is 11.8 Å². The highest BCUT2D eigenvalue weighted by atomic mass is 16.5. The molecule has 3 aromatic heterocycles. The normalized spacial score (nSPS) is 22.1. The van der Waals surface area contributed by atoms with Crippen molar-refractivity contribution in [1.29, 1.82) is 0 Å². The summed E-state index contributed by atoms with van der Waals surface area (Å²) in [5.74, 6) is 1.19. The second-order valence-electron chi connectivity index (χ2n) is 8.62. The Morgan fingerprint density at radius 3 is 2.72 bits per heavy atom. The van der Waals surface area contributed by atoms with E-state index in [2.05, 4.69) is 25.4 Å². The molecule has 2 aliphatic rings. The van der Waals surface area contributed by atoms with E-state index < -0.39 is 0 Å². The molecule has 9 heteroatoms. The number of fused-ring (bicyclic) bond motifs is 2. The van der Waals surface area contributed by atoms with Gasteiger partial charge in [0.05, 0.1) is 18.1 Å². The van der Waals surface area contributed by atoms with Crippen LogP contribution in [0.4, 0.5) is 5.95 Å². The van der Waals surface area contributed by atoms with Crippen molar-refractivity contribution in [3.8, 4) is 17.0 Å². The molecule has 1 amide bonds. The van der Waals surface area contributed by atoms with Gasteiger partial charge in [-0.2, -0.15) is 4.98 Å². The second kappa shape index (κ2) is 6.88. The molecular weight excluding hydrogens is 406 g/mol. The number of aromatic nitrogens is 5. The third-order valence-electron chi connectivity index (χ3n) is 6.79. The number of carbonyl (C=O) groups is 1. The van der Waals surface area contributed by atoms with Crippen LogP contribution in [0.5, 0.6) is 5.88 Å². The number of carbonyl (C=O) groups excluding carboxylic acids is 1. The SMILES string of the molecule is COc1nc(N[C@H]2C[C@@]3(CCN3C(C)=O)C2)nn2ccc(-c3ccc4nccnc4c3)c12. The Kier molecular flexibility index (Phi) is 4.08. The third kappa shape index (κ3) is 2.80. The number of benzene rings is 1. The highest BCUT2D eigenvalue weighted by Gasteiger charge is 2.55. The minimum atomic E-state index is 0.0390. The second-order valence-corrected chi connectivity index (χ2v) is 8.62. The summed E-state index contributed by atoms with van der Waals surface area (Å²) < 4.78 is 7.43. The first-order valence-corrected chi connectivity index (χ1v) is 10.8. The lowest BCUT2D eigenvalue weighted by Crippen LogP contribution is -2.70. The monoisotopic (exact) mass is 429 g/mol. The Hall–Kier alpha value is -3.75. The van der Waals surface area contributed by atoms with Crippen LogP contribution in [0, 0.1) is 0 Å². The Labute approximate surface area is 184 Å². The van der Waals surface area contributed by atoms with Crippen molar-refractivity contribution in [2.45, 2.75) is 37.8 Å². The number of amides is 1. The summed E-state index contributed by atoms with van der Waals surface area (Å²) in [5.41, 5.74) is 4.48. The van der Waals surface area contributed by atoms with Crippen LogP contribution in [-0.2, 0) is 4.79 Å². The highest BCUT2D eigenvalue weighted by Crippen LogP contribution is 2.48. The molecule has 1 spiro atoms. The summed E-state index contributed by atoms with van der Waals surface area (Å²) in [5, 5.41) is 8.09. The molecule has 6 rings (SSSR count). The van der Waals surface area contributed by atoms with Crippen molar-refractivity contribution >= 4 is 28.4 Å². The van der Waals surface area contributed by atoms with Crippen molar-refractivity contribution in [2.75, 3.05) is 19.0 Å². The molecule has 1 N–H and O–H groups in total. The summed E-state index contributed by atoms with van der Waals surface area (Å²) in [6, 6.07) is 8.24. The molecule has 1 aliphatic heterocycles. The summed E-state index contributed by atoms with van der Waals surface area (Å²) in [4.78, 5) is 27.1. The van der Waals surface area contributed by atoms with Crippen molar-refractivity contribution in [3.63, 3.8) is 0 Å². The fraction of sp³-hybridized carbons (Fsp3) is 0.348. The number of methoxy groups -OCH3 is 1. The lowest BCUT2D eigenvalue weighted by atomic mass is 9.64. The molecule has 9 nitrogen and oxygen atoms in total. The van der Waals surface area contributed by atoms with Gasteiger partial charge in [-0.15, -0.1) is 5.10 Å². The number of nitrogens with zero attached hydrogens (tertiary/aromatic N) is 6. The molecular formula is C23H23N7O2. The van der Waals surface area contributed by atoms with Gasteiger partial charge < -0.3 is 15.0 Å². The van der Waals surface area contributed by atoms with E-state index in [1.807, 2.05) is 35.4 Å². The number of hydrogen-bond acceptors (Lipinski definition) is 7. The molecule has 1 aliphatic carbocycles. The summed E-state index contributed by atoms with van der Waals surface area (Å²) in [6.45, 7) is 2.51. The number of anilines is 1. The van der Waals surface area contributed by atoms with Crippen LogP contribution in [0.2, 0.25) is 0 Å². The number of ether oxygens (including phenoxy) is 1. The van der Waals surface area contributed by atoms with Crippen molar-refractivity contribution in [2.24, 2.45) is 0 Å². The van der Waals surface area contributed by atoms with Crippen LogP contribution < -0.4 is 10.1 Å². The molecule has 0 atom stereocenters. The molecule has 4 heterocycles. The zero-order valence-corrected chi connectivity index (χ0v) is 17.9. The summed E-state index contributed by atoms with van der Waals surface area (Å²) in [7, 11) is 1.62. The Morgan fingerprint density at radius 1 is 1.19 bits per heavy atom. The standard InChI is InChI=1S/C23H23N7O2/c1-14(31)29-10-6-23(29)12-16(13-23)26-22-27-21(32-2)20-17(5-9-30(20)28-22)15-3-4-18-19(11-15)25-8-7-24-18/h3-5,7-9,11,16H,6,10,12-13H2,1-2H3,(H,26,28)/t16-,23-. The average molecular weight is 429 g/mol. The van der Waals surface area contributed by atoms with E-state index in [4.69, 9.17) is 4.74 Å². The van der Waals surface area contributed by atoms with Crippen molar-refractivity contribution in [1.82, 2.24) is 29.5 Å². The van der Waals surface area contributed by atoms with Gasteiger partial charge in [0.1, 0.15) is 5.52 Å². The zero-order valence-electron chi connectivity index (χ0n) is 17.9. The van der Waals surface area contributed by atoms with E-state index in [-0.39, 0.29) is 17.5 Å². The smallest absolute Gasteiger partial charge is 0.244 e. The molecule has 1 saturated heterocycles. The van der Waals surface area contributed by atoms with Gasteiger partial charge in [-0.05, 0) is 43.0 Å². The van der Waals surface area contributed by atoms with Crippen LogP contribution in [0.15, 0.2) is 42.9 Å². The van der Waals surface area contributed by atoms with Gasteiger partial charge in [-0.3, -0.25) is 14.8 Å². The van der Waals surface area contributed by atoms with E-state index in [1.165, 1.54) is 0 Å². The maximum absolute atomic E-state index is 11.8. The molecule has 162 valence electrons. The molecule has 1 aromatic carbocycles. The zero-order chi connectivity index (χ0) is 21.9. The molecule has 32 heavy (non-hydrogen) atoms. The molecule has 2 fully saturated rings. The summed E-state index contributed by atoms with van der Waals surface area (Å²) in [6.07, 6.45) is 8.21. The third-order valence-corrected chi connectivity index (χ3v) is 6.79. The Morgan fingerprint density at radius 2 is 2.00 bits per heavy atom. The first kappa shape index (κ1) is 19.0. The van der Waals surface area contributed by atoms with Crippen LogP contribution in [0.1, 0.15) is 26.2 Å². The van der Waals surface area contributed by atoms with Gasteiger partial charge in [0, 0.05) is 49.2 Å². The van der Waals surface area contributed by atoms with Gasteiger partial charge >= 0.3 is 0 Å². The Bertz CT molecular complexity index is 1360. The van der Waals surface area contributed by atoms with Crippen molar-refractivity contribution < 1.29 is 9.53 Å². The number of likely N-dealkylation sites (tertiary alicyclic amines) is 1. The lowest BCUT2D eigenvalue weighted by Gasteiger charge is -2.61. The molecule has 0 bridgehead atoms. The maximum Gasteiger partial charge on any atom is 0.244 e. The molecule has 1 saturated carbocycles. The van der Waals surface area contributed by atoms with Crippen molar-refractivity contribution in [3.05, 3.63) is 42.9 Å². The maximum atomic E-state index is 11.8. The number of rotatable bonds is 4. The average Bonchev–Trinajstić information content (AvgIpc) is 3.17. The fourth-order valence-electron chi connectivity index (χ4n) is 5.16. The van der Waals surface area contributed by atoms with Crippen LogP contribution >= 0.6 is 0 Å². The minimum absolute atomic E-state index is 0.0390. The topological polar surface area (TPSA) is 97.5 Å². The van der Waals surface area contributed by atoms with Crippen LogP contribution in [0.3, 0.4) is 0 Å². The first-order valence-electron chi connectivity index (χ1n) is 10.8. The van der Waals surface area contributed by atoms with E-state index in [9.17, 15) is 4.79 Å². The minimum Gasteiger partial charge on any atom is -0.479 e. The Balaban J connectivity index is 1.29. The van der Waals surface area contributed by atoms with Crippen LogP contribution in [0.25, 0.3) is 27.7 Å². The van der Waals surface area contributed by atoms with Gasteiger partial charge in [0.15, 0.2) is 0 Å². The van der Waals surface area contributed by atoms with E-state index in [1.54, 1.807) is 30.9 Å². The number of nitrogens with one attached hydrogen (secondary N) is 1. The van der Waals surface area contributed by atoms with E-state index >= 15 is 0 Å². The predicted molar refractivity (Wildman–Crippen MR) is 119 cm³/mol. The van der Waals surface area contributed by atoms with Gasteiger partial charge in [-0.25, -0.2) is 4.52 Å². The molecule has 0 radical (unpaired) electrons. The summed E-state index contributed by atoms with van der Waals surface area (Å²) >= 11 is 0. The largest absolute Gasteiger partial charge is 0.479 e. The predicted octanol–water partition coefficient (Wildman–Crippen LogP) is 2.91. The van der Waals surface area contributed by atoms with Gasteiger partial charge in [0.25, 0.3) is 0 Å². The highest BCUT2D eigenvalue weighted by molar-refractivity contribution is 5.89. The molecule has 0 unspecified atom stereocenters. The van der Waals surface area contributed by atoms with E-state index in [0.717, 1.165) is 53.5 Å².